The zero-order valence-corrected chi connectivity index (χ0v) is 16.9. The number of nitrogens with zero attached hydrogens (tertiary/aromatic N) is 3. The minimum atomic E-state index is -0.176. The third-order valence-corrected chi connectivity index (χ3v) is 5.29. The Morgan fingerprint density at radius 2 is 1.86 bits per heavy atom. The zero-order valence-electron chi connectivity index (χ0n) is 16.9. The summed E-state index contributed by atoms with van der Waals surface area (Å²) in [5.41, 5.74) is 2.88. The maximum absolute atomic E-state index is 12.1. The molecule has 1 aliphatic heterocycles. The van der Waals surface area contributed by atoms with Gasteiger partial charge in [0.1, 0.15) is 0 Å². The number of rotatable bonds is 7. The van der Waals surface area contributed by atoms with Crippen molar-refractivity contribution in [2.45, 2.75) is 19.8 Å². The van der Waals surface area contributed by atoms with Crippen molar-refractivity contribution in [2.24, 2.45) is 7.05 Å². The highest BCUT2D eigenvalue weighted by Crippen LogP contribution is 2.17. The standard InChI is InChI=1S/C22H30N4O2/c1-18-6-5-7-20(16-18)26-14-12-25(13-15-26)10-4-3-9-23-22(28)19-8-11-24(2)21(27)17-19/h5-8,11,16-17H,3-4,9-10,12-15H2,1-2H3,(H,23,28). The van der Waals surface area contributed by atoms with Crippen LogP contribution in [0.15, 0.2) is 47.4 Å². The fraction of sp³-hybridized carbons (Fsp3) is 0.455. The van der Waals surface area contributed by atoms with E-state index in [4.69, 9.17) is 0 Å². The Kier molecular flexibility index (Phi) is 6.87. The second-order valence-electron chi connectivity index (χ2n) is 7.50. The lowest BCUT2D eigenvalue weighted by Crippen LogP contribution is -2.46. The SMILES string of the molecule is Cc1cccc(N2CCN(CCCCNC(=O)c3ccn(C)c(=O)c3)CC2)c1. The van der Waals surface area contributed by atoms with Gasteiger partial charge in [0.25, 0.3) is 11.5 Å². The highest BCUT2D eigenvalue weighted by Gasteiger charge is 2.16. The quantitative estimate of drug-likeness (QED) is 0.745. The lowest BCUT2D eigenvalue weighted by atomic mass is 10.2. The van der Waals surface area contributed by atoms with Crippen LogP contribution >= 0.6 is 0 Å². The molecule has 6 nitrogen and oxygen atoms in total. The third kappa shape index (κ3) is 5.45. The number of carbonyl (C=O) groups excluding carboxylic acids is 1. The first-order chi connectivity index (χ1) is 13.5. The number of unbranched alkanes of at least 4 members (excludes halogenated alkanes) is 1. The van der Waals surface area contributed by atoms with Crippen LogP contribution in [-0.4, -0.2) is 54.6 Å². The van der Waals surface area contributed by atoms with Crippen molar-refractivity contribution in [1.29, 1.82) is 0 Å². The number of piperazine rings is 1. The summed E-state index contributed by atoms with van der Waals surface area (Å²) in [5, 5.41) is 2.90. The van der Waals surface area contributed by atoms with Crippen LogP contribution in [0.2, 0.25) is 0 Å². The number of hydrogen-bond donors (Lipinski definition) is 1. The number of hydrogen-bond acceptors (Lipinski definition) is 4. The molecule has 28 heavy (non-hydrogen) atoms. The van der Waals surface area contributed by atoms with E-state index in [-0.39, 0.29) is 11.5 Å². The highest BCUT2D eigenvalue weighted by atomic mass is 16.2. The van der Waals surface area contributed by atoms with Gasteiger partial charge in [0.2, 0.25) is 0 Å². The number of aromatic nitrogens is 1. The summed E-state index contributed by atoms with van der Waals surface area (Å²) < 4.78 is 1.45. The Balaban J connectivity index is 1.32. The predicted molar refractivity (Wildman–Crippen MR) is 113 cm³/mol. The molecule has 0 radical (unpaired) electrons. The minimum absolute atomic E-state index is 0.169. The van der Waals surface area contributed by atoms with Crippen LogP contribution in [-0.2, 0) is 7.05 Å². The van der Waals surface area contributed by atoms with Gasteiger partial charge in [-0.2, -0.15) is 0 Å². The monoisotopic (exact) mass is 382 g/mol. The fourth-order valence-corrected chi connectivity index (χ4v) is 3.51. The molecule has 1 aliphatic rings. The Bertz CT molecular complexity index is 854. The Morgan fingerprint density at radius 3 is 2.57 bits per heavy atom. The molecule has 1 aromatic heterocycles. The topological polar surface area (TPSA) is 57.6 Å². The minimum Gasteiger partial charge on any atom is -0.369 e. The van der Waals surface area contributed by atoms with E-state index in [1.54, 1.807) is 19.3 Å². The van der Waals surface area contributed by atoms with E-state index in [1.165, 1.54) is 21.9 Å². The van der Waals surface area contributed by atoms with Crippen LogP contribution in [0.3, 0.4) is 0 Å². The molecule has 2 aromatic rings. The first-order valence-electron chi connectivity index (χ1n) is 10.0. The van der Waals surface area contributed by atoms with Gasteiger partial charge in [-0.1, -0.05) is 12.1 Å². The van der Waals surface area contributed by atoms with Crippen molar-refractivity contribution in [1.82, 2.24) is 14.8 Å². The van der Waals surface area contributed by atoms with Crippen molar-refractivity contribution < 1.29 is 4.79 Å². The molecule has 0 unspecified atom stereocenters. The first-order valence-corrected chi connectivity index (χ1v) is 10.0. The molecule has 1 saturated heterocycles. The molecule has 0 atom stereocenters. The lowest BCUT2D eigenvalue weighted by molar-refractivity contribution is 0.0952. The van der Waals surface area contributed by atoms with Gasteiger partial charge in [-0.25, -0.2) is 0 Å². The number of aryl methyl sites for hydroxylation is 2. The normalized spacial score (nSPS) is 14.9. The van der Waals surface area contributed by atoms with Crippen molar-refractivity contribution in [3.05, 3.63) is 64.1 Å². The number of nitrogens with one attached hydrogen (secondary N) is 1. The van der Waals surface area contributed by atoms with Crippen molar-refractivity contribution >= 4 is 11.6 Å². The van der Waals surface area contributed by atoms with Crippen LogP contribution < -0.4 is 15.8 Å². The van der Waals surface area contributed by atoms with E-state index in [1.807, 2.05) is 0 Å². The Labute approximate surface area is 166 Å². The second-order valence-corrected chi connectivity index (χ2v) is 7.50. The van der Waals surface area contributed by atoms with Crippen molar-refractivity contribution in [2.75, 3.05) is 44.2 Å². The average Bonchev–Trinajstić information content (AvgIpc) is 2.70. The largest absolute Gasteiger partial charge is 0.369 e. The van der Waals surface area contributed by atoms with E-state index in [2.05, 4.69) is 46.3 Å². The first kappa shape index (κ1) is 20.1. The second kappa shape index (κ2) is 9.55. The summed E-state index contributed by atoms with van der Waals surface area (Å²) in [6, 6.07) is 11.7. The number of carbonyl (C=O) groups is 1. The molecule has 0 aliphatic carbocycles. The number of benzene rings is 1. The number of pyridine rings is 1. The number of anilines is 1. The maximum atomic E-state index is 12.1. The molecule has 1 aromatic carbocycles. The van der Waals surface area contributed by atoms with Gasteiger partial charge in [-0.05, 0) is 50.1 Å². The van der Waals surface area contributed by atoms with E-state index < -0.39 is 0 Å². The third-order valence-electron chi connectivity index (χ3n) is 5.29. The maximum Gasteiger partial charge on any atom is 0.251 e. The zero-order chi connectivity index (χ0) is 19.9. The summed E-state index contributed by atoms with van der Waals surface area (Å²) in [6.45, 7) is 8.10. The van der Waals surface area contributed by atoms with E-state index in [0.717, 1.165) is 45.6 Å². The molecule has 1 fully saturated rings. The molecule has 150 valence electrons. The van der Waals surface area contributed by atoms with Crippen LogP contribution in [0.5, 0.6) is 0 Å². The smallest absolute Gasteiger partial charge is 0.251 e. The van der Waals surface area contributed by atoms with Crippen LogP contribution in [0.4, 0.5) is 5.69 Å². The fourth-order valence-electron chi connectivity index (χ4n) is 3.51. The van der Waals surface area contributed by atoms with E-state index in [9.17, 15) is 9.59 Å². The van der Waals surface area contributed by atoms with Crippen molar-refractivity contribution in [3.8, 4) is 0 Å². The predicted octanol–water partition coefficient (Wildman–Crippen LogP) is 2.03. The van der Waals surface area contributed by atoms with Crippen LogP contribution in [0.25, 0.3) is 0 Å². The summed E-state index contributed by atoms with van der Waals surface area (Å²) in [4.78, 5) is 28.6. The van der Waals surface area contributed by atoms with Crippen molar-refractivity contribution in [3.63, 3.8) is 0 Å². The molecule has 2 heterocycles. The molecule has 1 N–H and O–H groups in total. The summed E-state index contributed by atoms with van der Waals surface area (Å²) in [7, 11) is 1.67. The molecule has 3 rings (SSSR count). The average molecular weight is 383 g/mol. The van der Waals surface area contributed by atoms with Gasteiger partial charge in [-0.3, -0.25) is 14.5 Å². The molecule has 0 spiro atoms. The van der Waals surface area contributed by atoms with E-state index in [0.29, 0.717) is 12.1 Å². The van der Waals surface area contributed by atoms with E-state index >= 15 is 0 Å². The molecule has 6 heteroatoms. The van der Waals surface area contributed by atoms with Gasteiger partial charge in [-0.15, -0.1) is 0 Å². The number of amides is 1. The molecule has 1 amide bonds. The van der Waals surface area contributed by atoms with Crippen LogP contribution in [0.1, 0.15) is 28.8 Å². The summed E-state index contributed by atoms with van der Waals surface area (Å²) in [5.74, 6) is -0.176. The van der Waals surface area contributed by atoms with Gasteiger partial charge in [0.15, 0.2) is 0 Å². The van der Waals surface area contributed by atoms with Gasteiger partial charge < -0.3 is 14.8 Å². The summed E-state index contributed by atoms with van der Waals surface area (Å²) in [6.07, 6.45) is 3.61. The van der Waals surface area contributed by atoms with Gasteiger partial charge in [0, 0.05) is 63.3 Å². The lowest BCUT2D eigenvalue weighted by Gasteiger charge is -2.36. The van der Waals surface area contributed by atoms with Gasteiger partial charge >= 0.3 is 0 Å². The Hall–Kier alpha value is -2.60. The summed E-state index contributed by atoms with van der Waals surface area (Å²) >= 11 is 0. The van der Waals surface area contributed by atoms with Crippen LogP contribution in [0, 0.1) is 6.92 Å². The van der Waals surface area contributed by atoms with Gasteiger partial charge in [0.05, 0.1) is 0 Å². The highest BCUT2D eigenvalue weighted by molar-refractivity contribution is 5.93. The molecule has 0 saturated carbocycles. The molecular formula is C22H30N4O2. The molecular weight excluding hydrogens is 352 g/mol. The Morgan fingerprint density at radius 1 is 1.07 bits per heavy atom. The molecule has 0 bridgehead atoms.